The smallest absolute Gasteiger partial charge is 0.406 e. The molecule has 0 bridgehead atoms. The zero-order valence-corrected chi connectivity index (χ0v) is 18.8. The van der Waals surface area contributed by atoms with Crippen LogP contribution < -0.4 is 9.64 Å². The van der Waals surface area contributed by atoms with Gasteiger partial charge in [-0.1, -0.05) is 19.1 Å². The highest BCUT2D eigenvalue weighted by atomic mass is 19.4. The van der Waals surface area contributed by atoms with Gasteiger partial charge < -0.3 is 19.6 Å². The van der Waals surface area contributed by atoms with Crippen molar-refractivity contribution >= 4 is 5.69 Å². The molecule has 5 nitrogen and oxygen atoms in total. The van der Waals surface area contributed by atoms with E-state index in [1.54, 1.807) is 18.3 Å². The molecule has 0 amide bonds. The average molecular weight is 462 g/mol. The molecule has 1 aliphatic carbocycles. The Kier molecular flexibility index (Phi) is 5.56. The number of hydrogen-bond acceptors (Lipinski definition) is 5. The fourth-order valence-corrected chi connectivity index (χ4v) is 5.50. The molecule has 1 aromatic heterocycles. The maximum Gasteiger partial charge on any atom is 0.573 e. The van der Waals surface area contributed by atoms with Gasteiger partial charge in [0.2, 0.25) is 0 Å². The van der Waals surface area contributed by atoms with Gasteiger partial charge in [0, 0.05) is 49.9 Å². The second kappa shape index (κ2) is 8.17. The van der Waals surface area contributed by atoms with Crippen LogP contribution in [0.5, 0.6) is 5.75 Å². The number of rotatable bonds is 7. The van der Waals surface area contributed by atoms with E-state index in [4.69, 9.17) is 0 Å². The molecule has 0 spiro atoms. The predicted octanol–water partition coefficient (Wildman–Crippen LogP) is 4.55. The van der Waals surface area contributed by atoms with E-state index in [1.807, 2.05) is 12.3 Å². The average Bonchev–Trinajstić information content (AvgIpc) is 3.40. The minimum atomic E-state index is -4.75. The molecule has 1 atom stereocenters. The molecule has 3 fully saturated rings. The highest BCUT2D eigenvalue weighted by molar-refractivity contribution is 5.51. The zero-order chi connectivity index (χ0) is 23.3. The molecule has 1 N–H and O–H groups in total. The number of aliphatic hydroxyl groups is 1. The number of likely N-dealkylation sites (tertiary alicyclic amines) is 1. The van der Waals surface area contributed by atoms with Crippen LogP contribution in [-0.2, 0) is 5.60 Å². The number of anilines is 1. The van der Waals surface area contributed by atoms with Gasteiger partial charge >= 0.3 is 6.36 Å². The van der Waals surface area contributed by atoms with E-state index in [1.165, 1.54) is 25.0 Å². The normalized spacial score (nSPS) is 22.6. The monoisotopic (exact) mass is 461 g/mol. The van der Waals surface area contributed by atoms with Crippen LogP contribution >= 0.6 is 0 Å². The van der Waals surface area contributed by atoms with Crippen LogP contribution in [0.1, 0.15) is 43.7 Å². The third-order valence-corrected chi connectivity index (χ3v) is 7.35. The van der Waals surface area contributed by atoms with Crippen LogP contribution in [-0.4, -0.2) is 54.1 Å². The van der Waals surface area contributed by atoms with E-state index in [0.29, 0.717) is 11.1 Å². The third kappa shape index (κ3) is 4.43. The lowest BCUT2D eigenvalue weighted by Gasteiger charge is -2.57. The summed E-state index contributed by atoms with van der Waals surface area (Å²) in [5.74, 6) is 0.452. The number of halogens is 3. The predicted molar refractivity (Wildman–Crippen MR) is 119 cm³/mol. The van der Waals surface area contributed by atoms with Gasteiger partial charge in [-0.05, 0) is 55.4 Å². The van der Waals surface area contributed by atoms with Crippen LogP contribution in [0.15, 0.2) is 42.7 Å². The molecule has 33 heavy (non-hydrogen) atoms. The van der Waals surface area contributed by atoms with E-state index in [9.17, 15) is 18.3 Å². The SMILES string of the molecule is CC1(C(O)(c2ccc(OC(F)(F)F)cc2)c2cncc(N3CCCC3)c2)CN(CC2CC2)C1. The minimum Gasteiger partial charge on any atom is -0.406 e. The van der Waals surface area contributed by atoms with Crippen LogP contribution in [0.25, 0.3) is 0 Å². The molecule has 1 aromatic carbocycles. The number of ether oxygens (including phenoxy) is 1. The Morgan fingerprint density at radius 2 is 1.73 bits per heavy atom. The number of hydrogen-bond donors (Lipinski definition) is 1. The first kappa shape index (κ1) is 22.5. The summed E-state index contributed by atoms with van der Waals surface area (Å²) in [5.41, 5.74) is 0.292. The lowest BCUT2D eigenvalue weighted by Crippen LogP contribution is -2.65. The van der Waals surface area contributed by atoms with Crippen LogP contribution in [0, 0.1) is 11.3 Å². The van der Waals surface area contributed by atoms with Gasteiger partial charge in [-0.2, -0.15) is 0 Å². The van der Waals surface area contributed by atoms with Crippen molar-refractivity contribution in [2.75, 3.05) is 37.6 Å². The minimum absolute atomic E-state index is 0.299. The number of aromatic nitrogens is 1. The molecule has 1 saturated carbocycles. The summed E-state index contributed by atoms with van der Waals surface area (Å²) < 4.78 is 42.0. The van der Waals surface area contributed by atoms with Gasteiger partial charge in [0.15, 0.2) is 0 Å². The quantitative estimate of drug-likeness (QED) is 0.656. The number of pyridine rings is 1. The Morgan fingerprint density at radius 3 is 2.33 bits per heavy atom. The van der Waals surface area contributed by atoms with Crippen LogP contribution in [0.3, 0.4) is 0 Å². The third-order valence-electron chi connectivity index (χ3n) is 7.35. The lowest BCUT2D eigenvalue weighted by molar-refractivity contribution is -0.274. The first-order valence-corrected chi connectivity index (χ1v) is 11.7. The second-order valence-corrected chi connectivity index (χ2v) is 10.1. The maximum absolute atomic E-state index is 12.6. The highest BCUT2D eigenvalue weighted by Gasteiger charge is 2.56. The van der Waals surface area contributed by atoms with E-state index >= 15 is 0 Å². The molecule has 3 heterocycles. The summed E-state index contributed by atoms with van der Waals surface area (Å²) in [6.45, 7) is 6.44. The first-order valence-electron chi connectivity index (χ1n) is 11.7. The van der Waals surface area contributed by atoms with E-state index < -0.39 is 17.4 Å². The van der Waals surface area contributed by atoms with Crippen molar-refractivity contribution in [2.24, 2.45) is 11.3 Å². The van der Waals surface area contributed by atoms with Gasteiger partial charge in [-0.15, -0.1) is 13.2 Å². The van der Waals surface area contributed by atoms with Crippen molar-refractivity contribution in [3.63, 3.8) is 0 Å². The fraction of sp³-hybridized carbons (Fsp3) is 0.560. The van der Waals surface area contributed by atoms with Gasteiger partial charge in [0.1, 0.15) is 11.4 Å². The van der Waals surface area contributed by atoms with E-state index in [-0.39, 0.29) is 5.75 Å². The fourth-order valence-electron chi connectivity index (χ4n) is 5.50. The summed E-state index contributed by atoms with van der Waals surface area (Å²) in [6.07, 6.45) is 3.54. The van der Waals surface area contributed by atoms with E-state index in [2.05, 4.69) is 26.4 Å². The molecule has 1 unspecified atom stereocenters. The summed E-state index contributed by atoms with van der Waals surface area (Å²) in [6, 6.07) is 7.62. The van der Waals surface area contributed by atoms with Crippen molar-refractivity contribution < 1.29 is 23.0 Å². The number of alkyl halides is 3. The molecule has 5 rings (SSSR count). The summed E-state index contributed by atoms with van der Waals surface area (Å²) in [5, 5.41) is 12.3. The Morgan fingerprint density at radius 1 is 1.06 bits per heavy atom. The van der Waals surface area contributed by atoms with Crippen molar-refractivity contribution in [2.45, 2.75) is 44.6 Å². The Hall–Kier alpha value is -2.32. The second-order valence-electron chi connectivity index (χ2n) is 10.1. The molecule has 2 aromatic rings. The van der Waals surface area contributed by atoms with Crippen LogP contribution in [0.2, 0.25) is 0 Å². The van der Waals surface area contributed by atoms with Crippen molar-refractivity contribution in [1.29, 1.82) is 0 Å². The molecule has 8 heteroatoms. The largest absolute Gasteiger partial charge is 0.573 e. The molecular weight excluding hydrogens is 431 g/mol. The van der Waals surface area contributed by atoms with E-state index in [0.717, 1.165) is 57.2 Å². The van der Waals surface area contributed by atoms with Crippen molar-refractivity contribution in [3.8, 4) is 5.75 Å². The van der Waals surface area contributed by atoms with Crippen molar-refractivity contribution in [3.05, 3.63) is 53.9 Å². The summed E-state index contributed by atoms with van der Waals surface area (Å²) in [7, 11) is 0. The molecular formula is C25H30F3N3O2. The Bertz CT molecular complexity index is 981. The van der Waals surface area contributed by atoms with Crippen LogP contribution in [0.4, 0.5) is 18.9 Å². The molecule has 0 radical (unpaired) electrons. The van der Waals surface area contributed by atoms with Gasteiger partial charge in [0.05, 0.1) is 11.9 Å². The zero-order valence-electron chi connectivity index (χ0n) is 18.8. The summed E-state index contributed by atoms with van der Waals surface area (Å²) in [4.78, 5) is 9.07. The Labute approximate surface area is 192 Å². The molecule has 2 saturated heterocycles. The van der Waals surface area contributed by atoms with Gasteiger partial charge in [-0.25, -0.2) is 0 Å². The highest BCUT2D eigenvalue weighted by Crippen LogP contribution is 2.52. The first-order chi connectivity index (χ1) is 15.7. The summed E-state index contributed by atoms with van der Waals surface area (Å²) >= 11 is 0. The number of nitrogens with zero attached hydrogens (tertiary/aromatic N) is 3. The number of benzene rings is 1. The topological polar surface area (TPSA) is 48.8 Å². The maximum atomic E-state index is 12.6. The lowest BCUT2D eigenvalue weighted by atomic mass is 9.62. The molecule has 3 aliphatic rings. The Balaban J connectivity index is 1.49. The molecule has 178 valence electrons. The van der Waals surface area contributed by atoms with Crippen molar-refractivity contribution in [1.82, 2.24) is 9.88 Å². The van der Waals surface area contributed by atoms with Gasteiger partial charge in [0.25, 0.3) is 0 Å². The molecule has 2 aliphatic heterocycles. The van der Waals surface area contributed by atoms with Gasteiger partial charge in [-0.3, -0.25) is 4.98 Å². The standard InChI is InChI=1S/C25H30F3N3O2/c1-23(16-30(17-23)15-18-4-5-18)24(32,19-6-8-22(9-7-19)33-25(26,27)28)20-12-21(14-29-13-20)31-10-2-3-11-31/h6-9,12-14,18,32H,2-5,10-11,15-17H2,1H3.